The van der Waals surface area contributed by atoms with E-state index in [4.69, 9.17) is 47.1 Å². The second-order valence-corrected chi connectivity index (χ2v) is 54.1. The quantitative estimate of drug-likeness (QED) is 0.0131. The maximum atomic E-state index is 15.1. The van der Waals surface area contributed by atoms with Gasteiger partial charge in [0.1, 0.15) is 48.6 Å². The van der Waals surface area contributed by atoms with Crippen molar-refractivity contribution in [1.82, 2.24) is 31.2 Å². The van der Waals surface area contributed by atoms with Crippen molar-refractivity contribution in [3.63, 3.8) is 0 Å². The molecule has 126 heavy (non-hydrogen) atoms. The Bertz CT molecular complexity index is 4820. The van der Waals surface area contributed by atoms with E-state index < -0.39 is 149 Å². The van der Waals surface area contributed by atoms with Gasteiger partial charge in [-0.2, -0.15) is 0 Å². The van der Waals surface area contributed by atoms with Crippen LogP contribution in [0.3, 0.4) is 0 Å². The van der Waals surface area contributed by atoms with Gasteiger partial charge in [-0.05, 0) is 138 Å². The maximum Gasteiger partial charge on any atom is 0.306 e. The van der Waals surface area contributed by atoms with Crippen LogP contribution in [0.15, 0.2) is 150 Å². The molecular weight excluding hydrogens is 1860 g/mol. The minimum atomic E-state index is -2.18. The molecule has 0 spiro atoms. The Labute approximate surface area is 773 Å². The van der Waals surface area contributed by atoms with E-state index in [1.807, 2.05) is 96.3 Å². The van der Waals surface area contributed by atoms with Gasteiger partial charge in [-0.3, -0.25) is 28.8 Å². The number of fused-ring (bicyclic) bond motifs is 2. The molecule has 20 nitrogen and oxygen atoms in total. The van der Waals surface area contributed by atoms with Crippen LogP contribution in [0.2, 0.25) is 23.4 Å². The Morgan fingerprint density at radius 3 is 1.30 bits per heavy atom. The molecule has 0 bridgehead atoms. The predicted octanol–water partition coefficient (Wildman–Crippen LogP) is 19.2. The van der Waals surface area contributed by atoms with Crippen molar-refractivity contribution < 1.29 is 76.9 Å². The van der Waals surface area contributed by atoms with E-state index in [0.717, 1.165) is 31.0 Å². The third-order valence-electron chi connectivity index (χ3n) is 23.6. The van der Waals surface area contributed by atoms with E-state index in [1.54, 1.807) is 100 Å². The largest absolute Gasteiger partial charge is 0.490 e. The van der Waals surface area contributed by atoms with Gasteiger partial charge in [-0.15, -0.1) is 11.3 Å². The van der Waals surface area contributed by atoms with Crippen LogP contribution >= 0.6 is 61.8 Å². The Morgan fingerprint density at radius 1 is 0.548 bits per heavy atom. The number of amides is 4. The molecule has 8 N–H and O–H groups in total. The van der Waals surface area contributed by atoms with Gasteiger partial charge in [0, 0.05) is 49.6 Å². The van der Waals surface area contributed by atoms with Crippen molar-refractivity contribution in [2.75, 3.05) is 27.4 Å². The molecule has 0 radical (unpaired) electrons. The van der Waals surface area contributed by atoms with Crippen molar-refractivity contribution in [2.45, 2.75) is 254 Å². The van der Waals surface area contributed by atoms with Crippen molar-refractivity contribution in [1.29, 1.82) is 0 Å². The number of ether oxygens (including phenoxy) is 4. The first-order valence-electron chi connectivity index (χ1n) is 43.9. The van der Waals surface area contributed by atoms with E-state index in [0.29, 0.717) is 44.5 Å². The van der Waals surface area contributed by atoms with Gasteiger partial charge in [0.05, 0.1) is 85.2 Å². The summed E-state index contributed by atoms with van der Waals surface area (Å²) in [6.07, 6.45) is 7.31. The van der Waals surface area contributed by atoms with Crippen LogP contribution in [0.25, 0.3) is 10.4 Å². The predicted molar refractivity (Wildman–Crippen MR) is 503 cm³/mol. The average Bonchev–Trinajstić information content (AvgIpc) is 1.78. The van der Waals surface area contributed by atoms with Crippen molar-refractivity contribution in [3.05, 3.63) is 215 Å². The molecule has 0 unspecified atom stereocenters. The summed E-state index contributed by atoms with van der Waals surface area (Å²) in [5, 5.41) is 60.6. The minimum absolute atomic E-state index is 0.0663. The Balaban J connectivity index is 0.000000256. The number of carbonyl (C=O) groups is 6. The van der Waals surface area contributed by atoms with Gasteiger partial charge in [0.2, 0.25) is 23.6 Å². The zero-order valence-electron chi connectivity index (χ0n) is 75.3. The zero-order chi connectivity index (χ0) is 92.3. The number of thiazole rings is 2. The number of methoxy groups -OCH3 is 2. The van der Waals surface area contributed by atoms with Crippen LogP contribution in [0, 0.1) is 46.1 Å². The smallest absolute Gasteiger partial charge is 0.306 e. The van der Waals surface area contributed by atoms with Crippen LogP contribution in [-0.4, -0.2) is 148 Å². The summed E-state index contributed by atoms with van der Waals surface area (Å²) in [7, 11) is 2.52. The monoisotopic (exact) mass is 1980 g/mol. The van der Waals surface area contributed by atoms with Crippen LogP contribution < -0.4 is 33.6 Å². The summed E-state index contributed by atoms with van der Waals surface area (Å²) in [5.74, 6) is -5.83. The van der Waals surface area contributed by atoms with Gasteiger partial charge in [-0.25, -0.2) is 13.8 Å². The molecule has 8 aromatic rings. The number of aliphatic hydroxyl groups is 4. The van der Waals surface area contributed by atoms with Gasteiger partial charge < -0.3 is 60.6 Å². The fourth-order valence-corrected chi connectivity index (χ4v) is 37.2. The normalized spacial score (nSPS) is 16.9. The Kier molecular flexibility index (Phi) is 40.9. The number of nitrogens with one attached hydrogen (secondary N) is 4. The number of hydrogen-bond acceptors (Lipinski definition) is 18. The van der Waals surface area contributed by atoms with E-state index in [1.165, 1.54) is 69.9 Å². The Morgan fingerprint density at radius 2 is 0.937 bits per heavy atom. The molecule has 2 aliphatic heterocycles. The van der Waals surface area contributed by atoms with E-state index in [2.05, 4.69) is 108 Å². The zero-order valence-corrected chi connectivity index (χ0v) is 82.9. The first-order chi connectivity index (χ1) is 59.8. The molecule has 0 aliphatic carbocycles. The second-order valence-electron chi connectivity index (χ2n) is 36.1. The summed E-state index contributed by atoms with van der Waals surface area (Å²) >= 11 is 17.5. The molecule has 4 amide bonds. The molecule has 6 aromatic carbocycles. The minimum Gasteiger partial charge on any atom is -0.490 e. The Hall–Kier alpha value is -7.44. The third-order valence-corrected chi connectivity index (χ3v) is 45.4. The molecule has 0 fully saturated rings. The number of halogens is 5. The molecule has 2 aliphatic rings. The summed E-state index contributed by atoms with van der Waals surface area (Å²) in [4.78, 5) is 91.1. The fraction of sp³-hybridized carbons (Fsp3) is 0.510. The number of aromatic nitrogens is 2. The van der Waals surface area contributed by atoms with Crippen molar-refractivity contribution in [2.24, 2.45) is 34.5 Å². The summed E-state index contributed by atoms with van der Waals surface area (Å²) in [5.41, 5.74) is 2.84. The van der Waals surface area contributed by atoms with Crippen LogP contribution in [0.5, 0.6) is 11.5 Å². The van der Waals surface area contributed by atoms with Gasteiger partial charge in [-0.1, -0.05) is 167 Å². The molecule has 2 aromatic heterocycles. The summed E-state index contributed by atoms with van der Waals surface area (Å²) < 4.78 is 58.4. The second kappa shape index (κ2) is 49.5. The van der Waals surface area contributed by atoms with Crippen molar-refractivity contribution >= 4 is 119 Å². The number of nitrogens with zero attached hydrogens (tertiary/aromatic N) is 2. The molecular formula is C98H129BrCl2F2N6O14S2Sn. The van der Waals surface area contributed by atoms with Crippen LogP contribution in [0.4, 0.5) is 8.78 Å². The average molecular weight is 1990 g/mol. The molecule has 0 saturated carbocycles. The first kappa shape index (κ1) is 104. The summed E-state index contributed by atoms with van der Waals surface area (Å²) in [6.45, 7) is 26.7. The van der Waals surface area contributed by atoms with E-state index in [-0.39, 0.29) is 75.7 Å². The first-order valence-corrected chi connectivity index (χ1v) is 54.6. The van der Waals surface area contributed by atoms with Crippen molar-refractivity contribution in [3.8, 4) is 21.9 Å². The molecule has 28 heteroatoms. The van der Waals surface area contributed by atoms with E-state index in [9.17, 15) is 53.6 Å². The van der Waals surface area contributed by atoms with Gasteiger partial charge in [0.25, 0.3) is 0 Å². The molecule has 4 heterocycles. The molecule has 686 valence electrons. The molecule has 0 saturated heterocycles. The SMILES string of the molecule is CCC[CH2][Sn]([CH2]CCC)([CH2]CCC)[c]1cnc(C(C)C)s1.COC(=O)C[C@H](C(=O)N[C@@H](Cc1ccc(-c2cnc(C(C)C)s2)cc1)[C@@H](O)C[C@@H](Cc1ccccc1F)C(=O)N[C@H]1c2cc(Cl)ccc2OC[C@H]1O)C(C)(C)C.COC(=O)C[C@H](C(=O)N[C@@H](Cc1ccc(Br)cc1)[C@@H](O)C[C@@H](Cc1ccccc1F)C(=O)N[C@H]1c2cc(Cl)ccc2OC[C@H]1O)C(C)(C)C. The van der Waals surface area contributed by atoms with E-state index >= 15 is 4.39 Å². The number of esters is 2. The standard InChI is InChI=1S/C43H51ClFN3O7S.C37H43BrClFN2O7.C6H8NS.3C4H9.Sn/c1-24(2)42-46-22-37(56-42)26-13-11-25(12-14-26)17-33(47-41(53)31(43(3,4)5)21-38(51)54-6)34(49)19-28(18-27-9-7-8-10-32(27)45)40(52)48-39-30-20-29(44)15-16-36(30)55-23-35(39)50;1-37(2,3)27(19-33(45)48-4)36(47)41-29(15-21-9-11-24(38)12-10-21)30(43)17-23(16-22-7-5-6-8-28(22)40)35(46)42-34-26-18-25(39)13-14-32(26)49-20-31(34)44;1-5(2)6-7-3-4-8-6;3*1-3-4-2;/h7-16,20,22,24,28,31,33-35,39,49-50H,17-19,21,23H2,1-6H3,(H,47,53)(H,48,52);5-14,18,23,27,29-31,34,43-44H,15-17,19-20H2,1-4H3,(H,41,47)(H,42,46);3,5H,1-2H3;3*1,3-4H2,2H3;/t28-,31-,33+,34+,35-,39+;23-,27-,29+,30+,31-,34+;;;;;/m11...../s1. The number of unbranched alkanes of at least 4 members (excludes halogenated alkanes) is 3. The number of aliphatic hydroxyl groups excluding tert-OH is 4. The third kappa shape index (κ3) is 30.6. The van der Waals surface area contributed by atoms with Crippen LogP contribution in [0.1, 0.15) is 222 Å². The number of rotatable bonds is 39. The summed E-state index contributed by atoms with van der Waals surface area (Å²) in [6, 6.07) is 33.6. The number of hydrogen-bond donors (Lipinski definition) is 8. The number of benzene rings is 6. The maximum absolute atomic E-state index is 15.1. The van der Waals surface area contributed by atoms with Gasteiger partial charge >= 0.3 is 153 Å². The topological polar surface area (TPSA) is 294 Å². The molecule has 12 atom stereocenters. The van der Waals surface area contributed by atoms with Crippen LogP contribution in [-0.2, 0) is 63.9 Å². The molecule has 10 rings (SSSR count). The van der Waals surface area contributed by atoms with Gasteiger partial charge in [0.15, 0.2) is 0 Å². The number of carbonyl (C=O) groups excluding carboxylic acids is 6. The fourth-order valence-electron chi connectivity index (χ4n) is 15.9.